The van der Waals surface area contributed by atoms with Crippen LogP contribution in [0.15, 0.2) is 30.3 Å². The number of rotatable bonds is 4. The van der Waals surface area contributed by atoms with Crippen LogP contribution in [0.5, 0.6) is 0 Å². The van der Waals surface area contributed by atoms with Gasteiger partial charge in [-0.2, -0.15) is 5.26 Å². The zero-order valence-electron chi connectivity index (χ0n) is 14.6. The van der Waals surface area contributed by atoms with Crippen molar-refractivity contribution in [3.05, 3.63) is 52.9 Å². The van der Waals surface area contributed by atoms with Crippen molar-refractivity contribution in [1.29, 1.82) is 5.26 Å². The number of esters is 1. The Labute approximate surface area is 152 Å². The molecule has 4 nitrogen and oxygen atoms in total. The second-order valence-corrected chi connectivity index (χ2v) is 6.99. The van der Waals surface area contributed by atoms with Crippen LogP contribution < -0.4 is 0 Å². The van der Waals surface area contributed by atoms with Crippen LogP contribution in [-0.2, 0) is 11.8 Å². The predicted molar refractivity (Wildman–Crippen MR) is 101 cm³/mol. The molecule has 25 heavy (non-hydrogen) atoms. The molecule has 0 saturated heterocycles. The fourth-order valence-electron chi connectivity index (χ4n) is 3.08. The summed E-state index contributed by atoms with van der Waals surface area (Å²) >= 11 is 1.86. The molecule has 0 saturated carbocycles. The fourth-order valence-corrected chi connectivity index (χ4v) is 4.07. The highest BCUT2D eigenvalue weighted by Gasteiger charge is 2.25. The van der Waals surface area contributed by atoms with Crippen molar-refractivity contribution in [2.45, 2.75) is 20.3 Å². The molecular weight excluding hydrogens is 332 g/mol. The fraction of sp³-hybridized carbons (Fsp3) is 0.300. The van der Waals surface area contributed by atoms with Crippen LogP contribution in [0.3, 0.4) is 0 Å². The van der Waals surface area contributed by atoms with Gasteiger partial charge in [-0.05, 0) is 31.4 Å². The van der Waals surface area contributed by atoms with E-state index in [1.54, 1.807) is 18.5 Å². The van der Waals surface area contributed by atoms with Gasteiger partial charge in [-0.3, -0.25) is 0 Å². The highest BCUT2D eigenvalue weighted by atomic mass is 32.2. The van der Waals surface area contributed by atoms with Crippen molar-refractivity contribution < 1.29 is 9.53 Å². The van der Waals surface area contributed by atoms with Crippen molar-refractivity contribution in [2.75, 3.05) is 12.4 Å². The Morgan fingerprint density at radius 1 is 1.32 bits per heavy atom. The third kappa shape index (κ3) is 3.10. The van der Waals surface area contributed by atoms with Crippen LogP contribution in [0.4, 0.5) is 0 Å². The first kappa shape index (κ1) is 17.4. The van der Waals surface area contributed by atoms with Crippen LogP contribution >= 0.6 is 11.8 Å². The molecule has 0 N–H and O–H groups in total. The molecule has 5 heteroatoms. The van der Waals surface area contributed by atoms with Gasteiger partial charge < -0.3 is 9.30 Å². The van der Waals surface area contributed by atoms with Gasteiger partial charge in [-0.1, -0.05) is 30.3 Å². The quantitative estimate of drug-likeness (QED) is 0.759. The van der Waals surface area contributed by atoms with Gasteiger partial charge in [0.15, 0.2) is 0 Å². The molecule has 3 rings (SSSR count). The molecule has 0 fully saturated rings. The van der Waals surface area contributed by atoms with E-state index in [-0.39, 0.29) is 0 Å². The number of hydrogen-bond acceptors (Lipinski definition) is 4. The number of ether oxygens (including phenoxy) is 1. The Morgan fingerprint density at radius 2 is 2.00 bits per heavy atom. The Hall–Kier alpha value is -2.45. The molecule has 0 aliphatic carbocycles. The molecule has 0 spiro atoms. The summed E-state index contributed by atoms with van der Waals surface area (Å²) < 4.78 is 6.95. The van der Waals surface area contributed by atoms with Crippen molar-refractivity contribution in [3.8, 4) is 17.2 Å². The molecule has 128 valence electrons. The number of allylic oxidation sites excluding steroid dienone is 1. The Morgan fingerprint density at radius 3 is 2.56 bits per heavy atom. The van der Waals surface area contributed by atoms with E-state index in [1.807, 2.05) is 30.8 Å². The normalized spacial score (nSPS) is 13.4. The number of carbonyl (C=O) groups excluding carboxylic acids is 1. The minimum atomic E-state index is -0.400. The maximum atomic E-state index is 12.5. The lowest BCUT2D eigenvalue weighted by molar-refractivity contribution is 0.0516. The maximum Gasteiger partial charge on any atom is 0.355 e. The van der Waals surface area contributed by atoms with Gasteiger partial charge in [-0.15, -0.1) is 11.8 Å². The lowest BCUT2D eigenvalue weighted by atomic mass is 9.99. The number of nitrogens with zero attached hydrogens (tertiary/aromatic N) is 2. The second kappa shape index (κ2) is 7.20. The van der Waals surface area contributed by atoms with Crippen LogP contribution in [-0.4, -0.2) is 22.9 Å². The molecule has 1 aromatic heterocycles. The first-order valence-corrected chi connectivity index (χ1v) is 9.27. The van der Waals surface area contributed by atoms with Gasteiger partial charge in [-0.25, -0.2) is 4.79 Å². The van der Waals surface area contributed by atoms with Crippen molar-refractivity contribution in [2.24, 2.45) is 7.05 Å². The highest BCUT2D eigenvalue weighted by Crippen LogP contribution is 2.36. The van der Waals surface area contributed by atoms with Gasteiger partial charge in [0.25, 0.3) is 0 Å². The molecule has 0 atom stereocenters. The summed E-state index contributed by atoms with van der Waals surface area (Å²) in [5.41, 5.74) is 4.40. The summed E-state index contributed by atoms with van der Waals surface area (Å²) in [4.78, 5) is 13.7. The van der Waals surface area contributed by atoms with Gasteiger partial charge in [0, 0.05) is 29.0 Å². The molecule has 1 aromatic carbocycles. The summed E-state index contributed by atoms with van der Waals surface area (Å²) in [7, 11) is 1.79. The summed E-state index contributed by atoms with van der Waals surface area (Å²) in [5.74, 6) is 0.725. The van der Waals surface area contributed by atoms with Gasteiger partial charge >= 0.3 is 5.97 Å². The van der Waals surface area contributed by atoms with E-state index < -0.39 is 5.97 Å². The van der Waals surface area contributed by atoms with Gasteiger partial charge in [0.05, 0.1) is 12.2 Å². The van der Waals surface area contributed by atoms with Crippen LogP contribution in [0.25, 0.3) is 16.0 Å². The van der Waals surface area contributed by atoms with Crippen molar-refractivity contribution in [1.82, 2.24) is 4.57 Å². The Bertz CT molecular complexity index is 886. The number of hydrogen-bond donors (Lipinski definition) is 0. The third-order valence-corrected chi connectivity index (χ3v) is 5.58. The summed E-state index contributed by atoms with van der Waals surface area (Å²) in [5, 5.41) is 9.61. The summed E-state index contributed by atoms with van der Waals surface area (Å²) in [6, 6.07) is 10.3. The van der Waals surface area contributed by atoms with E-state index in [4.69, 9.17) is 4.74 Å². The zero-order valence-corrected chi connectivity index (χ0v) is 15.4. The van der Waals surface area contributed by atoms with E-state index >= 15 is 0 Å². The Kier molecular flexibility index (Phi) is 5.00. The van der Waals surface area contributed by atoms with Gasteiger partial charge in [0.2, 0.25) is 0 Å². The summed E-state index contributed by atoms with van der Waals surface area (Å²) in [6.45, 7) is 3.92. The first-order valence-electron chi connectivity index (χ1n) is 8.28. The highest BCUT2D eigenvalue weighted by molar-refractivity contribution is 8.08. The summed E-state index contributed by atoms with van der Waals surface area (Å²) in [6.07, 6.45) is 3.35. The average molecular weight is 352 g/mol. The lowest BCUT2D eigenvalue weighted by Gasteiger charge is -2.09. The smallest absolute Gasteiger partial charge is 0.355 e. The van der Waals surface area contributed by atoms with E-state index in [1.165, 1.54) is 10.5 Å². The molecule has 0 unspecified atom stereocenters. The van der Waals surface area contributed by atoms with E-state index in [9.17, 15) is 10.1 Å². The average Bonchev–Trinajstić information content (AvgIpc) is 3.23. The molecule has 1 aliphatic rings. The van der Waals surface area contributed by atoms with E-state index in [0.29, 0.717) is 23.4 Å². The van der Waals surface area contributed by atoms with E-state index in [2.05, 4.69) is 24.3 Å². The second-order valence-electron chi connectivity index (χ2n) is 5.86. The molecular formula is C20H20N2O2S. The predicted octanol–water partition coefficient (Wildman–Crippen LogP) is 4.53. The minimum absolute atomic E-state index is 0.300. The lowest BCUT2D eigenvalue weighted by Crippen LogP contribution is -2.11. The largest absolute Gasteiger partial charge is 0.461 e. The number of benzene rings is 1. The Balaban J connectivity index is 2.11. The SMILES string of the molecule is CCOC(=O)c1c(-c2ccc(C3=CCCS3)cc2)c(C#N)c(C)n1C. The maximum absolute atomic E-state index is 12.5. The molecule has 2 aromatic rings. The van der Waals surface area contributed by atoms with Crippen molar-refractivity contribution in [3.63, 3.8) is 0 Å². The van der Waals surface area contributed by atoms with Crippen LogP contribution in [0.1, 0.15) is 40.7 Å². The third-order valence-electron chi connectivity index (χ3n) is 4.43. The topological polar surface area (TPSA) is 55.0 Å². The number of thioether (sulfide) groups is 1. The molecule has 0 amide bonds. The molecule has 0 bridgehead atoms. The molecule has 0 radical (unpaired) electrons. The zero-order chi connectivity index (χ0) is 18.0. The standard InChI is InChI=1S/C20H20N2O2S/c1-4-24-20(23)19-18(16(12-21)13(2)22(19)3)15-9-7-14(8-10-15)17-6-5-11-25-17/h6-10H,4-5,11H2,1-3H3. The number of nitriles is 1. The number of carbonyl (C=O) groups is 1. The number of aromatic nitrogens is 1. The molecule has 1 aliphatic heterocycles. The first-order chi connectivity index (χ1) is 12.1. The monoisotopic (exact) mass is 352 g/mol. The van der Waals surface area contributed by atoms with Crippen molar-refractivity contribution >= 4 is 22.6 Å². The van der Waals surface area contributed by atoms with E-state index in [0.717, 1.165) is 23.4 Å². The minimum Gasteiger partial charge on any atom is -0.461 e. The molecule has 2 heterocycles. The van der Waals surface area contributed by atoms with Gasteiger partial charge in [0.1, 0.15) is 11.8 Å². The van der Waals surface area contributed by atoms with Crippen LogP contribution in [0, 0.1) is 18.3 Å². The van der Waals surface area contributed by atoms with Crippen LogP contribution in [0.2, 0.25) is 0 Å².